The molecule has 0 heterocycles. The Balaban J connectivity index is 1.84. The highest BCUT2D eigenvalue weighted by molar-refractivity contribution is 9.10. The van der Waals surface area contributed by atoms with Crippen LogP contribution in [0.2, 0.25) is 0 Å². The summed E-state index contributed by atoms with van der Waals surface area (Å²) in [5.41, 5.74) is 0.503. The topological polar surface area (TPSA) is 128 Å². The van der Waals surface area contributed by atoms with Gasteiger partial charge in [-0.05, 0) is 64.0 Å². The highest BCUT2D eigenvalue weighted by Gasteiger charge is 2.18. The molecule has 0 saturated heterocycles. The summed E-state index contributed by atoms with van der Waals surface area (Å²) < 4.78 is 30.8. The number of nitrogens with two attached hydrogens (primary N) is 1. The first-order valence-corrected chi connectivity index (χ1v) is 11.5. The first kappa shape index (κ1) is 23.2. The average Bonchev–Trinajstić information content (AvgIpc) is 2.75. The quantitative estimate of drug-likeness (QED) is 0.415. The Morgan fingerprint density at radius 3 is 2.16 bits per heavy atom. The molecule has 0 aliphatic heterocycles. The zero-order valence-electron chi connectivity index (χ0n) is 16.5. The summed E-state index contributed by atoms with van der Waals surface area (Å²) in [5.74, 6) is -0.502. The first-order chi connectivity index (χ1) is 15.2. The number of para-hydroxylation sites is 1. The fraction of sp³-hybridized carbons (Fsp3) is 0. The van der Waals surface area contributed by atoms with Crippen LogP contribution in [0.1, 0.15) is 15.9 Å². The standard InChI is InChI=1S/C22H18BrN3O5S/c23-18-8-4-5-9-20(18)31-17-12-10-15(11-13-17)14-19(22(28)26-32(24,29)30)25-21(27)16-6-2-1-3-7-16/h1-14H,(H,25,27)(H,26,28)(H2,24,29,30). The third-order valence-corrected chi connectivity index (χ3v) is 5.14. The molecule has 10 heteroatoms. The molecule has 0 unspecified atom stereocenters. The molecular weight excluding hydrogens is 498 g/mol. The lowest BCUT2D eigenvalue weighted by molar-refractivity contribution is -0.116. The van der Waals surface area contributed by atoms with Gasteiger partial charge in [-0.1, -0.05) is 42.5 Å². The molecular formula is C22H18BrN3O5S. The number of halogens is 1. The van der Waals surface area contributed by atoms with Crippen molar-refractivity contribution in [2.24, 2.45) is 5.14 Å². The predicted octanol–water partition coefficient (Wildman–Crippen LogP) is 3.33. The molecule has 32 heavy (non-hydrogen) atoms. The lowest BCUT2D eigenvalue weighted by Crippen LogP contribution is -2.41. The molecule has 0 aromatic heterocycles. The maximum atomic E-state index is 12.5. The average molecular weight is 516 g/mol. The third kappa shape index (κ3) is 6.77. The van der Waals surface area contributed by atoms with Gasteiger partial charge in [0.25, 0.3) is 22.0 Å². The van der Waals surface area contributed by atoms with E-state index in [1.807, 2.05) is 18.2 Å². The van der Waals surface area contributed by atoms with Crippen LogP contribution in [0.15, 0.2) is 89.0 Å². The molecule has 3 aromatic rings. The number of nitrogens with one attached hydrogen (secondary N) is 2. The van der Waals surface area contributed by atoms with E-state index in [4.69, 9.17) is 9.88 Å². The monoisotopic (exact) mass is 515 g/mol. The van der Waals surface area contributed by atoms with E-state index in [2.05, 4.69) is 21.2 Å². The van der Waals surface area contributed by atoms with Crippen molar-refractivity contribution in [2.75, 3.05) is 0 Å². The van der Waals surface area contributed by atoms with Gasteiger partial charge in [0, 0.05) is 5.56 Å². The third-order valence-electron chi connectivity index (χ3n) is 4.02. The Morgan fingerprint density at radius 2 is 1.53 bits per heavy atom. The fourth-order valence-electron chi connectivity index (χ4n) is 2.58. The van der Waals surface area contributed by atoms with Crippen molar-refractivity contribution in [3.8, 4) is 11.5 Å². The van der Waals surface area contributed by atoms with E-state index < -0.39 is 22.0 Å². The van der Waals surface area contributed by atoms with E-state index in [-0.39, 0.29) is 5.70 Å². The molecule has 0 radical (unpaired) electrons. The molecule has 3 rings (SSSR count). The second-order valence-electron chi connectivity index (χ2n) is 6.46. The smallest absolute Gasteiger partial charge is 0.299 e. The second-order valence-corrected chi connectivity index (χ2v) is 8.60. The minimum absolute atomic E-state index is 0.291. The van der Waals surface area contributed by atoms with E-state index in [9.17, 15) is 18.0 Å². The number of carbonyl (C=O) groups is 2. The number of rotatable bonds is 7. The highest BCUT2D eigenvalue weighted by atomic mass is 79.9. The van der Waals surface area contributed by atoms with E-state index >= 15 is 0 Å². The molecule has 0 saturated carbocycles. The number of hydrogen-bond acceptors (Lipinski definition) is 5. The molecule has 3 aromatic carbocycles. The summed E-state index contributed by atoms with van der Waals surface area (Å²) in [6.45, 7) is 0. The first-order valence-electron chi connectivity index (χ1n) is 9.17. The molecule has 0 bridgehead atoms. The Morgan fingerprint density at radius 1 is 0.906 bits per heavy atom. The number of benzene rings is 3. The Hall–Kier alpha value is -3.47. The molecule has 0 atom stereocenters. The van der Waals surface area contributed by atoms with Crippen LogP contribution in [-0.2, 0) is 15.0 Å². The van der Waals surface area contributed by atoms with Gasteiger partial charge in [0.1, 0.15) is 17.2 Å². The Kier molecular flexibility index (Phi) is 7.41. The van der Waals surface area contributed by atoms with Crippen LogP contribution in [0.4, 0.5) is 0 Å². The van der Waals surface area contributed by atoms with Crippen LogP contribution < -0.4 is 19.9 Å². The Labute approximate surface area is 193 Å². The zero-order valence-corrected chi connectivity index (χ0v) is 18.9. The van der Waals surface area contributed by atoms with Crippen LogP contribution in [0.5, 0.6) is 11.5 Å². The normalized spacial score (nSPS) is 11.5. The Bertz CT molecular complexity index is 1260. The van der Waals surface area contributed by atoms with Crippen molar-refractivity contribution in [3.05, 3.63) is 100 Å². The van der Waals surface area contributed by atoms with Crippen molar-refractivity contribution in [3.63, 3.8) is 0 Å². The van der Waals surface area contributed by atoms with Crippen LogP contribution in [-0.4, -0.2) is 20.2 Å². The van der Waals surface area contributed by atoms with Crippen molar-refractivity contribution in [1.29, 1.82) is 0 Å². The number of ether oxygens (including phenoxy) is 1. The van der Waals surface area contributed by atoms with Gasteiger partial charge in [0.2, 0.25) is 0 Å². The highest BCUT2D eigenvalue weighted by Crippen LogP contribution is 2.29. The minimum Gasteiger partial charge on any atom is -0.456 e. The maximum absolute atomic E-state index is 12.5. The molecule has 0 fully saturated rings. The molecule has 0 aliphatic carbocycles. The van der Waals surface area contributed by atoms with Gasteiger partial charge in [0.15, 0.2) is 0 Å². The molecule has 164 valence electrons. The van der Waals surface area contributed by atoms with E-state index in [0.29, 0.717) is 22.6 Å². The largest absolute Gasteiger partial charge is 0.456 e. The van der Waals surface area contributed by atoms with Gasteiger partial charge in [-0.2, -0.15) is 8.42 Å². The van der Waals surface area contributed by atoms with E-state index in [1.165, 1.54) is 6.08 Å². The van der Waals surface area contributed by atoms with Crippen LogP contribution >= 0.6 is 15.9 Å². The fourth-order valence-corrected chi connectivity index (χ4v) is 3.31. The summed E-state index contributed by atoms with van der Waals surface area (Å²) in [7, 11) is -4.32. The second kappa shape index (κ2) is 10.2. The van der Waals surface area contributed by atoms with Crippen LogP contribution in [0.3, 0.4) is 0 Å². The summed E-state index contributed by atoms with van der Waals surface area (Å²) >= 11 is 3.40. The molecule has 4 N–H and O–H groups in total. The van der Waals surface area contributed by atoms with Crippen LogP contribution in [0.25, 0.3) is 6.08 Å². The molecule has 0 spiro atoms. The predicted molar refractivity (Wildman–Crippen MR) is 124 cm³/mol. The van der Waals surface area contributed by atoms with Gasteiger partial charge < -0.3 is 10.1 Å². The molecule has 0 aliphatic rings. The lowest BCUT2D eigenvalue weighted by Gasteiger charge is -2.11. The summed E-state index contributed by atoms with van der Waals surface area (Å²) in [6, 6.07) is 22.1. The molecule has 2 amide bonds. The van der Waals surface area contributed by atoms with Crippen molar-refractivity contribution in [2.45, 2.75) is 0 Å². The number of carbonyl (C=O) groups excluding carboxylic acids is 2. The number of hydrogen-bond donors (Lipinski definition) is 3. The van der Waals surface area contributed by atoms with Gasteiger partial charge >= 0.3 is 0 Å². The van der Waals surface area contributed by atoms with Gasteiger partial charge in [-0.3, -0.25) is 9.59 Å². The van der Waals surface area contributed by atoms with Gasteiger partial charge in [-0.15, -0.1) is 0 Å². The summed E-state index contributed by atoms with van der Waals surface area (Å²) in [4.78, 5) is 24.9. The van der Waals surface area contributed by atoms with Crippen molar-refractivity contribution < 1.29 is 22.7 Å². The van der Waals surface area contributed by atoms with Crippen molar-refractivity contribution >= 4 is 44.0 Å². The zero-order chi connectivity index (χ0) is 23.1. The summed E-state index contributed by atoms with van der Waals surface area (Å²) in [6.07, 6.45) is 1.32. The van der Waals surface area contributed by atoms with E-state index in [1.54, 1.807) is 65.4 Å². The van der Waals surface area contributed by atoms with Gasteiger partial charge in [-0.25, -0.2) is 9.86 Å². The van der Waals surface area contributed by atoms with Crippen LogP contribution in [0, 0.1) is 0 Å². The maximum Gasteiger partial charge on any atom is 0.299 e. The summed E-state index contributed by atoms with van der Waals surface area (Å²) in [5, 5.41) is 7.31. The van der Waals surface area contributed by atoms with Gasteiger partial charge in [0.05, 0.1) is 4.47 Å². The molecule has 8 nitrogen and oxygen atoms in total. The van der Waals surface area contributed by atoms with Crippen molar-refractivity contribution in [1.82, 2.24) is 10.0 Å². The minimum atomic E-state index is -4.32. The number of amides is 2. The lowest BCUT2D eigenvalue weighted by atomic mass is 10.1. The SMILES string of the molecule is NS(=O)(=O)NC(=O)C(=Cc1ccc(Oc2ccccc2Br)cc1)NC(=O)c1ccccc1. The van der Waals surface area contributed by atoms with E-state index in [0.717, 1.165) is 4.47 Å².